The maximum atomic E-state index is 12.0. The van der Waals surface area contributed by atoms with Crippen LogP contribution in [0.2, 0.25) is 0 Å². The van der Waals surface area contributed by atoms with Gasteiger partial charge in [-0.25, -0.2) is 0 Å². The minimum Gasteiger partial charge on any atom is -0.395 e. The van der Waals surface area contributed by atoms with Crippen molar-refractivity contribution in [2.75, 3.05) is 13.2 Å². The molecule has 0 radical (unpaired) electrons. The lowest BCUT2D eigenvalue weighted by Crippen LogP contribution is -2.30. The summed E-state index contributed by atoms with van der Waals surface area (Å²) in [5, 5.41) is 8.89. The van der Waals surface area contributed by atoms with Crippen LogP contribution in [0.4, 0.5) is 0 Å². The van der Waals surface area contributed by atoms with Gasteiger partial charge in [0, 0.05) is 0 Å². The number of carbonyl (C=O) groups excluding carboxylic acids is 1. The summed E-state index contributed by atoms with van der Waals surface area (Å²) in [5.74, 6) is -0.0860. The van der Waals surface area contributed by atoms with E-state index in [2.05, 4.69) is 12.1 Å². The number of hydrogen-bond donors (Lipinski definition) is 1. The second kappa shape index (κ2) is 6.84. The number of rotatable bonds is 5. The predicted molar refractivity (Wildman–Crippen MR) is 81.8 cm³/mol. The number of aliphatic hydroxyl groups excluding tert-OH is 1. The topological polar surface area (TPSA) is 40.5 Å². The molecule has 1 aromatic rings. The van der Waals surface area contributed by atoms with Gasteiger partial charge < -0.3 is 5.11 Å². The monoisotopic (exact) mass is 293 g/mol. The van der Waals surface area contributed by atoms with Crippen LogP contribution in [0.1, 0.15) is 12.0 Å². The number of benzene rings is 1. The van der Waals surface area contributed by atoms with Crippen molar-refractivity contribution < 1.29 is 9.90 Å². The maximum absolute atomic E-state index is 12.0. The van der Waals surface area contributed by atoms with Crippen LogP contribution in [-0.2, 0) is 11.2 Å². The van der Waals surface area contributed by atoms with Crippen molar-refractivity contribution >= 4 is 34.2 Å². The number of nitrogens with zero attached hydrogens (tertiary/aromatic N) is 1. The highest BCUT2D eigenvalue weighted by Gasteiger charge is 2.30. The Hall–Kier alpha value is -1.17. The van der Waals surface area contributed by atoms with Gasteiger partial charge in [-0.1, -0.05) is 60.4 Å². The fraction of sp³-hybridized carbons (Fsp3) is 0.286. The summed E-state index contributed by atoms with van der Waals surface area (Å²) in [6.07, 6.45) is 3.66. The standard InChI is InChI=1S/C14H15NO2S2/c16-10-9-15-13(17)12(19-14(15)18)8-4-7-11-5-2-1-3-6-11/h1-3,5-6,8,16H,4,7,9-10H2/b12-8-. The molecule has 1 aliphatic heterocycles. The molecule has 0 saturated carbocycles. The maximum Gasteiger partial charge on any atom is 0.265 e. The van der Waals surface area contributed by atoms with Crippen LogP contribution < -0.4 is 0 Å². The van der Waals surface area contributed by atoms with Crippen LogP contribution in [0.5, 0.6) is 0 Å². The van der Waals surface area contributed by atoms with Crippen LogP contribution in [0, 0.1) is 0 Å². The molecule has 0 atom stereocenters. The largest absolute Gasteiger partial charge is 0.395 e. The van der Waals surface area contributed by atoms with Crippen molar-refractivity contribution in [2.45, 2.75) is 12.8 Å². The molecule has 1 saturated heterocycles. The average molecular weight is 293 g/mol. The van der Waals surface area contributed by atoms with E-state index in [1.165, 1.54) is 22.2 Å². The molecule has 1 amide bonds. The van der Waals surface area contributed by atoms with Gasteiger partial charge in [0.2, 0.25) is 0 Å². The van der Waals surface area contributed by atoms with E-state index >= 15 is 0 Å². The lowest BCUT2D eigenvalue weighted by atomic mass is 10.1. The third kappa shape index (κ3) is 3.65. The van der Waals surface area contributed by atoms with Gasteiger partial charge >= 0.3 is 0 Å². The summed E-state index contributed by atoms with van der Waals surface area (Å²) >= 11 is 6.43. The molecular formula is C14H15NO2S2. The first-order valence-corrected chi connectivity index (χ1v) is 7.33. The Labute approximate surface area is 122 Å². The summed E-state index contributed by atoms with van der Waals surface area (Å²) in [6.45, 7) is 0.213. The number of aryl methyl sites for hydroxylation is 1. The van der Waals surface area contributed by atoms with Crippen molar-refractivity contribution in [1.29, 1.82) is 0 Å². The van der Waals surface area contributed by atoms with E-state index in [4.69, 9.17) is 17.3 Å². The lowest BCUT2D eigenvalue weighted by molar-refractivity contribution is -0.122. The van der Waals surface area contributed by atoms with E-state index in [1.54, 1.807) is 0 Å². The van der Waals surface area contributed by atoms with Gasteiger partial charge in [-0.3, -0.25) is 9.69 Å². The average Bonchev–Trinajstić information content (AvgIpc) is 2.68. The highest BCUT2D eigenvalue weighted by atomic mass is 32.2. The molecule has 0 aliphatic carbocycles. The second-order valence-electron chi connectivity index (χ2n) is 4.14. The Morgan fingerprint density at radius 1 is 1.32 bits per heavy atom. The molecule has 3 nitrogen and oxygen atoms in total. The van der Waals surface area contributed by atoms with Crippen molar-refractivity contribution in [3.8, 4) is 0 Å². The SMILES string of the molecule is O=C1/C(=C/CCc2ccccc2)SC(=S)N1CCO. The highest BCUT2D eigenvalue weighted by molar-refractivity contribution is 8.26. The molecule has 0 bridgehead atoms. The summed E-state index contributed by atoms with van der Waals surface area (Å²) in [6, 6.07) is 10.2. The van der Waals surface area contributed by atoms with Crippen molar-refractivity contribution in [3.05, 3.63) is 46.9 Å². The molecule has 1 N–H and O–H groups in total. The molecule has 19 heavy (non-hydrogen) atoms. The molecular weight excluding hydrogens is 278 g/mol. The van der Waals surface area contributed by atoms with Crippen molar-refractivity contribution in [1.82, 2.24) is 4.90 Å². The number of carbonyl (C=O) groups is 1. The second-order valence-corrected chi connectivity index (χ2v) is 5.82. The summed E-state index contributed by atoms with van der Waals surface area (Å²) in [5.41, 5.74) is 1.25. The number of aliphatic hydroxyl groups is 1. The Morgan fingerprint density at radius 2 is 2.05 bits per heavy atom. The number of thiocarbonyl (C=S) groups is 1. The van der Waals surface area contributed by atoms with Gasteiger partial charge in [-0.15, -0.1) is 0 Å². The molecule has 0 spiro atoms. The van der Waals surface area contributed by atoms with Gasteiger partial charge in [0.25, 0.3) is 5.91 Å². The Bertz CT molecular complexity index is 499. The van der Waals surface area contributed by atoms with Gasteiger partial charge in [0.05, 0.1) is 18.1 Å². The molecule has 0 unspecified atom stereocenters. The molecule has 1 fully saturated rings. The quantitative estimate of drug-likeness (QED) is 0.668. The number of thioether (sulfide) groups is 1. The molecule has 100 valence electrons. The fourth-order valence-corrected chi connectivity index (χ4v) is 3.16. The van der Waals surface area contributed by atoms with Crippen molar-refractivity contribution in [2.24, 2.45) is 0 Å². The smallest absolute Gasteiger partial charge is 0.265 e. The lowest BCUT2D eigenvalue weighted by Gasteiger charge is -2.11. The summed E-state index contributed by atoms with van der Waals surface area (Å²) in [7, 11) is 0. The zero-order chi connectivity index (χ0) is 13.7. The van der Waals surface area contributed by atoms with Gasteiger partial charge in [-0.05, 0) is 18.4 Å². The first kappa shape index (κ1) is 14.2. The van der Waals surface area contributed by atoms with Crippen LogP contribution in [0.3, 0.4) is 0 Å². The van der Waals surface area contributed by atoms with E-state index in [1.807, 2.05) is 24.3 Å². The molecule has 0 aromatic heterocycles. The molecule has 5 heteroatoms. The zero-order valence-corrected chi connectivity index (χ0v) is 12.0. The van der Waals surface area contributed by atoms with Crippen LogP contribution in [0.25, 0.3) is 0 Å². The molecule has 1 heterocycles. The van der Waals surface area contributed by atoms with Crippen LogP contribution >= 0.6 is 24.0 Å². The van der Waals surface area contributed by atoms with E-state index in [0.717, 1.165) is 12.8 Å². The number of amides is 1. The van der Waals surface area contributed by atoms with E-state index < -0.39 is 0 Å². The van der Waals surface area contributed by atoms with Crippen molar-refractivity contribution in [3.63, 3.8) is 0 Å². The number of β-amino-alcohol motifs (C(OH)–C–C–N with tert-alkyl or cyclic N) is 1. The Kier molecular flexibility index (Phi) is 5.13. The van der Waals surface area contributed by atoms with Gasteiger partial charge in [0.15, 0.2) is 0 Å². The number of hydrogen-bond acceptors (Lipinski definition) is 4. The fourth-order valence-electron chi connectivity index (χ4n) is 1.85. The normalized spacial score (nSPS) is 17.5. The molecule has 2 rings (SSSR count). The zero-order valence-electron chi connectivity index (χ0n) is 10.4. The first-order valence-electron chi connectivity index (χ1n) is 6.11. The van der Waals surface area contributed by atoms with Gasteiger partial charge in [0.1, 0.15) is 4.32 Å². The molecule has 1 aromatic carbocycles. The predicted octanol–water partition coefficient (Wildman–Crippen LogP) is 2.36. The minimum absolute atomic E-state index is 0.0657. The van der Waals surface area contributed by atoms with E-state index in [9.17, 15) is 4.79 Å². The summed E-state index contributed by atoms with van der Waals surface area (Å²) < 4.78 is 0.532. The Balaban J connectivity index is 1.94. The third-order valence-corrected chi connectivity index (χ3v) is 4.23. The third-order valence-electron chi connectivity index (χ3n) is 2.80. The van der Waals surface area contributed by atoms with Crippen LogP contribution in [-0.4, -0.2) is 33.4 Å². The van der Waals surface area contributed by atoms with Gasteiger partial charge in [-0.2, -0.15) is 0 Å². The molecule has 1 aliphatic rings. The minimum atomic E-state index is -0.0860. The Morgan fingerprint density at radius 3 is 2.74 bits per heavy atom. The van der Waals surface area contributed by atoms with E-state index in [0.29, 0.717) is 9.23 Å². The number of allylic oxidation sites excluding steroid dienone is 1. The van der Waals surface area contributed by atoms with E-state index in [-0.39, 0.29) is 19.1 Å². The first-order chi connectivity index (χ1) is 9.22. The highest BCUT2D eigenvalue weighted by Crippen LogP contribution is 2.30. The summed E-state index contributed by atoms with van der Waals surface area (Å²) in [4.78, 5) is 14.1. The van der Waals surface area contributed by atoms with Crippen LogP contribution in [0.15, 0.2) is 41.3 Å².